The number of hydrogen-bond acceptors (Lipinski definition) is 3. The van der Waals surface area contributed by atoms with Crippen molar-refractivity contribution in [3.63, 3.8) is 0 Å². The van der Waals surface area contributed by atoms with Crippen LogP contribution in [0.1, 0.15) is 76.6 Å². The average molecular weight is 407 g/mol. The summed E-state index contributed by atoms with van der Waals surface area (Å²) < 4.78 is 6.17. The van der Waals surface area contributed by atoms with Crippen molar-refractivity contribution in [3.8, 4) is 5.75 Å². The first kappa shape index (κ1) is 21.4. The molecule has 1 aliphatic carbocycles. The average Bonchev–Trinajstić information content (AvgIpc) is 3.28. The van der Waals surface area contributed by atoms with Crippen molar-refractivity contribution < 1.29 is 4.74 Å². The maximum Gasteiger partial charge on any atom is 0.124 e. The van der Waals surface area contributed by atoms with Crippen LogP contribution in [0, 0.1) is 5.92 Å². The number of rotatable bonds is 6. The van der Waals surface area contributed by atoms with E-state index in [1.165, 1.54) is 36.0 Å². The van der Waals surface area contributed by atoms with E-state index in [0.29, 0.717) is 24.0 Å². The fraction of sp³-hybridized carbons (Fsp3) is 0.556. The molecule has 2 fully saturated rings. The van der Waals surface area contributed by atoms with Gasteiger partial charge in [-0.15, -0.1) is 0 Å². The summed E-state index contributed by atoms with van der Waals surface area (Å²) in [5.74, 6) is 1.71. The van der Waals surface area contributed by atoms with Gasteiger partial charge in [0, 0.05) is 30.2 Å². The van der Waals surface area contributed by atoms with Crippen molar-refractivity contribution >= 4 is 0 Å². The fourth-order valence-corrected chi connectivity index (χ4v) is 5.22. The van der Waals surface area contributed by atoms with E-state index in [4.69, 9.17) is 4.74 Å². The highest BCUT2D eigenvalue weighted by molar-refractivity contribution is 5.40. The lowest BCUT2D eigenvalue weighted by atomic mass is 9.86. The first-order valence-corrected chi connectivity index (χ1v) is 11.7. The topological polar surface area (TPSA) is 33.3 Å². The van der Waals surface area contributed by atoms with Gasteiger partial charge in [-0.1, -0.05) is 69.7 Å². The molecule has 2 aromatic carbocycles. The first-order valence-electron chi connectivity index (χ1n) is 11.7. The summed E-state index contributed by atoms with van der Waals surface area (Å²) in [4.78, 5) is 0. The summed E-state index contributed by atoms with van der Waals surface area (Å²) in [7, 11) is 0. The highest BCUT2D eigenvalue weighted by Crippen LogP contribution is 2.41. The number of hydrogen-bond donors (Lipinski definition) is 2. The molecular formula is C27H38N2O. The Bertz CT molecular complexity index is 840. The quantitative estimate of drug-likeness (QED) is 0.641. The molecule has 2 N–H and O–H groups in total. The van der Waals surface area contributed by atoms with Crippen molar-refractivity contribution in [3.05, 3.63) is 65.2 Å². The predicted molar refractivity (Wildman–Crippen MR) is 125 cm³/mol. The third kappa shape index (κ3) is 4.58. The minimum atomic E-state index is 0.128. The van der Waals surface area contributed by atoms with Crippen LogP contribution in [0.4, 0.5) is 0 Å². The molecule has 162 valence electrons. The third-order valence-corrected chi connectivity index (χ3v) is 6.76. The summed E-state index contributed by atoms with van der Waals surface area (Å²) >= 11 is 0. The van der Waals surface area contributed by atoms with Crippen molar-refractivity contribution in [1.29, 1.82) is 0 Å². The van der Waals surface area contributed by atoms with E-state index in [-0.39, 0.29) is 11.5 Å². The predicted octanol–water partition coefficient (Wildman–Crippen LogP) is 5.74. The van der Waals surface area contributed by atoms with Crippen LogP contribution in [0.25, 0.3) is 0 Å². The Morgan fingerprint density at radius 1 is 1.07 bits per heavy atom. The molecule has 1 saturated heterocycles. The molecule has 0 amide bonds. The van der Waals surface area contributed by atoms with E-state index in [9.17, 15) is 0 Å². The minimum Gasteiger partial charge on any atom is -0.491 e. The standard InChI is InChI=1S/C27H38N2O/c1-18(2)30-24-15-14-21(27(3,4)5)16-20(24)17-28-26-22-12-9-13-23(22)29-25(26)19-10-7-6-8-11-19/h6-8,10-11,14-16,18,22-23,25-26,28-29H,9,12-13,17H2,1-5H3. The Morgan fingerprint density at radius 3 is 2.53 bits per heavy atom. The number of nitrogens with one attached hydrogen (secondary N) is 2. The minimum absolute atomic E-state index is 0.128. The molecule has 0 radical (unpaired) electrons. The normalized spacial score (nSPS) is 26.2. The molecule has 1 heterocycles. The lowest BCUT2D eigenvalue weighted by Crippen LogP contribution is -2.38. The summed E-state index contributed by atoms with van der Waals surface area (Å²) in [6.45, 7) is 11.9. The van der Waals surface area contributed by atoms with E-state index in [0.717, 1.165) is 12.3 Å². The van der Waals surface area contributed by atoms with Crippen LogP contribution in [0.5, 0.6) is 5.75 Å². The highest BCUT2D eigenvalue weighted by Gasteiger charge is 2.45. The monoisotopic (exact) mass is 406 g/mol. The van der Waals surface area contributed by atoms with Gasteiger partial charge in [-0.25, -0.2) is 0 Å². The molecule has 4 atom stereocenters. The van der Waals surface area contributed by atoms with Gasteiger partial charge in [-0.05, 0) is 55.2 Å². The van der Waals surface area contributed by atoms with Crippen molar-refractivity contribution in [2.45, 2.75) is 90.1 Å². The summed E-state index contributed by atoms with van der Waals surface area (Å²) in [6, 6.07) is 19.1. The number of fused-ring (bicyclic) bond motifs is 1. The molecule has 0 aromatic heterocycles. The van der Waals surface area contributed by atoms with E-state index in [1.807, 2.05) is 0 Å². The van der Waals surface area contributed by atoms with Crippen molar-refractivity contribution in [2.75, 3.05) is 0 Å². The molecule has 3 nitrogen and oxygen atoms in total. The number of benzene rings is 2. The van der Waals surface area contributed by atoms with Gasteiger partial charge >= 0.3 is 0 Å². The Balaban J connectivity index is 1.58. The van der Waals surface area contributed by atoms with Crippen LogP contribution in [-0.4, -0.2) is 18.2 Å². The van der Waals surface area contributed by atoms with Crippen LogP contribution in [0.2, 0.25) is 0 Å². The van der Waals surface area contributed by atoms with Crippen LogP contribution >= 0.6 is 0 Å². The molecule has 1 saturated carbocycles. The lowest BCUT2D eigenvalue weighted by Gasteiger charge is -2.27. The van der Waals surface area contributed by atoms with Gasteiger partial charge in [0.25, 0.3) is 0 Å². The molecule has 0 bridgehead atoms. The van der Waals surface area contributed by atoms with Crippen molar-refractivity contribution in [1.82, 2.24) is 10.6 Å². The summed E-state index contributed by atoms with van der Waals surface area (Å²) in [6.07, 6.45) is 4.13. The second-order valence-electron chi connectivity index (χ2n) is 10.4. The molecule has 30 heavy (non-hydrogen) atoms. The van der Waals surface area contributed by atoms with Gasteiger partial charge in [-0.3, -0.25) is 0 Å². The van der Waals surface area contributed by atoms with Gasteiger partial charge in [0.1, 0.15) is 5.75 Å². The Kier molecular flexibility index (Phi) is 6.22. The largest absolute Gasteiger partial charge is 0.491 e. The molecule has 2 aromatic rings. The molecule has 3 heteroatoms. The zero-order valence-electron chi connectivity index (χ0n) is 19.2. The van der Waals surface area contributed by atoms with E-state index in [1.54, 1.807) is 0 Å². The fourth-order valence-electron chi connectivity index (χ4n) is 5.22. The lowest BCUT2D eigenvalue weighted by molar-refractivity contribution is 0.238. The Hall–Kier alpha value is -1.84. The second-order valence-corrected chi connectivity index (χ2v) is 10.4. The van der Waals surface area contributed by atoms with Crippen molar-refractivity contribution in [2.24, 2.45) is 5.92 Å². The van der Waals surface area contributed by atoms with Crippen LogP contribution < -0.4 is 15.4 Å². The Morgan fingerprint density at radius 2 is 1.83 bits per heavy atom. The molecule has 0 spiro atoms. The molecule has 2 aliphatic rings. The third-order valence-electron chi connectivity index (χ3n) is 6.76. The zero-order chi connectivity index (χ0) is 21.3. The first-order chi connectivity index (χ1) is 14.3. The smallest absolute Gasteiger partial charge is 0.124 e. The second kappa shape index (κ2) is 8.72. The van der Waals surface area contributed by atoms with Gasteiger partial charge in [0.15, 0.2) is 0 Å². The molecular weight excluding hydrogens is 368 g/mol. The molecule has 4 unspecified atom stereocenters. The SMILES string of the molecule is CC(C)Oc1ccc(C(C)(C)C)cc1CNC1C(c2ccccc2)NC2CCCC21. The maximum absolute atomic E-state index is 6.17. The summed E-state index contributed by atoms with van der Waals surface area (Å²) in [5.41, 5.74) is 4.15. The Labute approximate surface area is 182 Å². The van der Waals surface area contributed by atoms with Gasteiger partial charge in [0.05, 0.1) is 6.10 Å². The van der Waals surface area contributed by atoms with Gasteiger partial charge in [-0.2, -0.15) is 0 Å². The van der Waals surface area contributed by atoms with Crippen LogP contribution in [-0.2, 0) is 12.0 Å². The van der Waals surface area contributed by atoms with Gasteiger partial charge in [0.2, 0.25) is 0 Å². The van der Waals surface area contributed by atoms with E-state index in [2.05, 4.69) is 93.8 Å². The van der Waals surface area contributed by atoms with E-state index < -0.39 is 0 Å². The number of ether oxygens (including phenoxy) is 1. The van der Waals surface area contributed by atoms with Crippen LogP contribution in [0.3, 0.4) is 0 Å². The van der Waals surface area contributed by atoms with Crippen LogP contribution in [0.15, 0.2) is 48.5 Å². The molecule has 1 aliphatic heterocycles. The molecule has 4 rings (SSSR count). The summed E-state index contributed by atoms with van der Waals surface area (Å²) in [5, 5.41) is 7.91. The van der Waals surface area contributed by atoms with Gasteiger partial charge < -0.3 is 15.4 Å². The van der Waals surface area contributed by atoms with E-state index >= 15 is 0 Å². The maximum atomic E-state index is 6.17. The highest BCUT2D eigenvalue weighted by atomic mass is 16.5. The zero-order valence-corrected chi connectivity index (χ0v) is 19.2.